The van der Waals surface area contributed by atoms with E-state index in [1.165, 1.54) is 39.0 Å². The van der Waals surface area contributed by atoms with E-state index in [1.807, 2.05) is 0 Å². The van der Waals surface area contributed by atoms with Crippen molar-refractivity contribution in [3.63, 3.8) is 0 Å². The highest BCUT2D eigenvalue weighted by Crippen LogP contribution is 2.15. The third-order valence-corrected chi connectivity index (χ3v) is 18.9. The molecule has 508 valence electrons. The molecule has 0 aliphatic rings. The smallest absolute Gasteiger partial charge is 0.326 e. The number of amides is 8. The number of unbranched alkanes of at least 4 members (excludes halogenated alkanes) is 14. The number of carboxylic acid groups (broad SMARTS) is 4. The summed E-state index contributed by atoms with van der Waals surface area (Å²) in [5, 5.41) is 64.6. The first kappa shape index (κ1) is 82.9. The second-order valence-electron chi connectivity index (χ2n) is 20.7. The number of halogens is 2. The van der Waals surface area contributed by atoms with E-state index in [0.717, 1.165) is 51.4 Å². The van der Waals surface area contributed by atoms with Crippen LogP contribution in [0.5, 0.6) is 0 Å². The fourth-order valence-corrected chi connectivity index (χ4v) is 12.9. The zero-order valence-electron chi connectivity index (χ0n) is 51.0. The van der Waals surface area contributed by atoms with Gasteiger partial charge in [-0.25, -0.2) is 17.9 Å². The number of carboxylic acids is 4. The summed E-state index contributed by atoms with van der Waals surface area (Å²) in [5.41, 5.74) is 5.29. The van der Waals surface area contributed by atoms with Gasteiger partial charge in [-0.15, -0.1) is 0 Å². The summed E-state index contributed by atoms with van der Waals surface area (Å²) < 4.78 is 24.5. The molecule has 15 N–H and O–H groups in total. The first-order valence-corrected chi connectivity index (χ1v) is 39.6. The van der Waals surface area contributed by atoms with Gasteiger partial charge in [-0.3, -0.25) is 43.2 Å². The van der Waals surface area contributed by atoms with Crippen LogP contribution in [0, 0.1) is 0 Å². The number of nitrogens with one attached hydrogen (secondary N) is 8. The molecule has 0 unspecified atom stereocenters. The van der Waals surface area contributed by atoms with E-state index in [4.69, 9.17) is 29.8 Å². The molecule has 0 bridgehead atoms. The number of carbonyl (C=O) groups is 12. The summed E-state index contributed by atoms with van der Waals surface area (Å²) in [4.78, 5) is 147. The lowest BCUT2D eigenvalue weighted by Gasteiger charge is -2.22. The summed E-state index contributed by atoms with van der Waals surface area (Å²) in [7, 11) is 0. The van der Waals surface area contributed by atoms with Crippen molar-refractivity contribution in [2.75, 3.05) is 77.4 Å². The Kier molecular flexibility index (Phi) is 51.6. The largest absolute Gasteiger partial charge is 0.481 e. The molecular weight excluding hydrogens is 1390 g/mol. The molecule has 0 radical (unpaired) electrons. The van der Waals surface area contributed by atoms with Gasteiger partial charge in [0.05, 0.1) is 51.8 Å². The normalized spacial score (nSPS) is 13.4. The van der Waals surface area contributed by atoms with Crippen LogP contribution < -0.4 is 46.5 Å². The van der Waals surface area contributed by atoms with Crippen molar-refractivity contribution in [2.45, 2.75) is 204 Å². The number of hydrogen-bond donors (Lipinski definition) is 14. The molecule has 8 amide bonds. The van der Waals surface area contributed by atoms with Gasteiger partial charge in [0, 0.05) is 68.6 Å². The van der Waals surface area contributed by atoms with E-state index in [-0.39, 0.29) is 133 Å². The molecule has 0 spiro atoms. The van der Waals surface area contributed by atoms with Gasteiger partial charge in [0.1, 0.15) is 37.4 Å². The molecule has 0 fully saturated rings. The van der Waals surface area contributed by atoms with Gasteiger partial charge >= 0.3 is 23.9 Å². The van der Waals surface area contributed by atoms with Gasteiger partial charge in [-0.05, 0) is 63.2 Å². The van der Waals surface area contributed by atoms with Crippen LogP contribution in [0.1, 0.15) is 167 Å². The lowest BCUT2D eigenvalue weighted by atomic mass is 10.0. The molecule has 30 nitrogen and oxygen atoms in total. The molecule has 0 aliphatic carbocycles. The second kappa shape index (κ2) is 54.8. The van der Waals surface area contributed by atoms with Crippen LogP contribution in [0.25, 0.3) is 0 Å². The quantitative estimate of drug-likeness (QED) is 0.0178. The van der Waals surface area contributed by atoms with Crippen LogP contribution in [0.4, 0.5) is 0 Å². The Labute approximate surface area is 531 Å². The molecule has 32 heteroatoms. The molecule has 0 aromatic heterocycles. The molecule has 0 rings (SSSR count). The minimum absolute atomic E-state index is 0.0234. The molecule has 6 atom stereocenters. The van der Waals surface area contributed by atoms with Crippen LogP contribution in [-0.2, 0) is 76.5 Å². The number of aliphatic hydroxyl groups excluding tert-OH is 1. The molecule has 88 heavy (non-hydrogen) atoms. The first-order valence-electron chi connectivity index (χ1n) is 30.1. The number of hydrogen-bond acceptors (Lipinski definition) is 18. The fraction of sp³-hybridized carbons (Fsp3) is 0.786. The summed E-state index contributed by atoms with van der Waals surface area (Å²) in [5.74, 6) is -9.46. The van der Waals surface area contributed by atoms with Crippen molar-refractivity contribution in [1.29, 1.82) is 0 Å². The van der Waals surface area contributed by atoms with Gasteiger partial charge in [0.2, 0.25) is 47.3 Å². The number of ether oxygens (including phenoxy) is 4. The van der Waals surface area contributed by atoms with Crippen LogP contribution in [-0.4, -0.2) is 210 Å². The SMILES string of the molecule is CI=IN[C@@H](CCCCNC(=O)CC[C@H](NC(=O)CC[C@H](NC(=O)COCCOCCNC(=O)COCCOCCNC(=O)CC[C@H](NC(=O)CCCCCCCCCCCCCCCCC(=O)O)C(=O)O)C(=O)O)C(=O)O)C(=O)N[C@H](C(N)=O)[C@@H](C)O. The van der Waals surface area contributed by atoms with Crippen molar-refractivity contribution < 1.29 is 102 Å². The van der Waals surface area contributed by atoms with Crippen LogP contribution in [0.15, 0.2) is 0 Å². The summed E-state index contributed by atoms with van der Waals surface area (Å²) in [6.07, 6.45) is 13.8. The second-order valence-corrected chi connectivity index (χ2v) is 30.8. The minimum Gasteiger partial charge on any atom is -0.481 e. The Morgan fingerprint density at radius 1 is 0.409 bits per heavy atom. The van der Waals surface area contributed by atoms with Gasteiger partial charge in [0.25, 0.3) is 0 Å². The Hall–Kier alpha value is -5.14. The first-order chi connectivity index (χ1) is 42.1. The molecule has 0 saturated heterocycles. The average Bonchev–Trinajstić information content (AvgIpc) is 3.46. The van der Waals surface area contributed by atoms with Crippen LogP contribution >= 0.6 is 33.5 Å². The van der Waals surface area contributed by atoms with Crippen molar-refractivity contribution in [2.24, 2.45) is 5.73 Å². The number of nitrogens with two attached hydrogens (primary N) is 1. The third kappa shape index (κ3) is 48.7. The maximum absolute atomic E-state index is 12.8. The number of alkyl halides is 1. The number of aliphatic hydroxyl groups is 1. The Balaban J connectivity index is 4.12. The topological polar surface area (TPSA) is 465 Å². The number of primary amides is 1. The predicted molar refractivity (Wildman–Crippen MR) is 338 cm³/mol. The summed E-state index contributed by atoms with van der Waals surface area (Å²) in [6, 6.07) is -6.02. The van der Waals surface area contributed by atoms with Crippen molar-refractivity contribution >= 4 is 105 Å². The molecule has 0 heterocycles. The van der Waals surface area contributed by atoms with Gasteiger partial charge in [0.15, 0.2) is 0 Å². The van der Waals surface area contributed by atoms with E-state index in [1.54, 1.807) is 0 Å². The van der Waals surface area contributed by atoms with Gasteiger partial charge < -0.3 is 87.4 Å². The molecule has 0 aromatic rings. The summed E-state index contributed by atoms with van der Waals surface area (Å²) in [6.45, 7) is 1.42. The monoisotopic (exact) mass is 1490 g/mol. The van der Waals surface area contributed by atoms with Crippen molar-refractivity contribution in [3.8, 4) is 0 Å². The number of aliphatic carboxylic acids is 4. The predicted octanol–water partition coefficient (Wildman–Crippen LogP) is 1.66. The van der Waals surface area contributed by atoms with Gasteiger partial charge in [-0.2, -0.15) is 0 Å². The Morgan fingerprint density at radius 3 is 1.23 bits per heavy atom. The van der Waals surface area contributed by atoms with Crippen LogP contribution in [0.2, 0.25) is 0 Å². The van der Waals surface area contributed by atoms with E-state index < -0.39 is 131 Å². The molecule has 0 aromatic carbocycles. The maximum atomic E-state index is 12.8. The third-order valence-electron chi connectivity index (χ3n) is 13.2. The minimum atomic E-state index is -1.51. The molecular formula is C56H99I2N9O21. The van der Waals surface area contributed by atoms with Gasteiger partial charge in [-0.1, -0.05) is 93.6 Å². The number of rotatable bonds is 59. The standard InChI is InChI=1S/C56H99I2N9O21/c1-39(68)51(52(59)77)66-53(78)40(67-58-57-2)19-17-18-28-60-44(69)25-22-42(55(81)82)64-47(72)27-24-43(56(83)84)65-49(74)38-88-36-34-86-32-30-62-48(73)37-87-35-33-85-31-29-61-45(70)26-23-41(54(79)80)63-46(71)20-15-13-11-9-7-5-3-4-6-8-10-12-14-16-21-50(75)76/h39-43,51,67-68H,3-38H2,1-2H3,(H2,59,77)(H,60,69)(H,61,70)(H,62,73)(H,63,71)(H,64,72)(H,65,74)(H,66,78)(H,75,76)(H,79,80)(H,81,82)(H,83,84)/t39-,40+,41+,42+,43+,51+/m1/s1. The van der Waals surface area contributed by atoms with Crippen molar-refractivity contribution in [3.05, 3.63) is 0 Å². The highest BCUT2D eigenvalue weighted by Gasteiger charge is 2.28. The molecule has 0 aliphatic heterocycles. The highest BCUT2D eigenvalue weighted by molar-refractivity contribution is 14.8. The van der Waals surface area contributed by atoms with E-state index in [2.05, 4.69) is 45.7 Å². The lowest BCUT2D eigenvalue weighted by molar-refractivity contribution is -0.144. The zero-order chi connectivity index (χ0) is 65.7. The maximum Gasteiger partial charge on any atom is 0.326 e. The molecule has 0 saturated carbocycles. The lowest BCUT2D eigenvalue weighted by Crippen LogP contribution is -2.54. The fourth-order valence-electron chi connectivity index (χ4n) is 8.28. The van der Waals surface area contributed by atoms with E-state index in [0.29, 0.717) is 25.7 Å². The highest BCUT2D eigenvalue weighted by atomic mass is 128. The zero-order valence-corrected chi connectivity index (χ0v) is 55.3. The van der Waals surface area contributed by atoms with Crippen LogP contribution in [0.3, 0.4) is 0 Å². The Bertz CT molecular complexity index is 2110. The van der Waals surface area contributed by atoms with E-state index in [9.17, 15) is 78.0 Å². The average molecular weight is 1490 g/mol. The Morgan fingerprint density at radius 2 is 0.795 bits per heavy atom. The van der Waals surface area contributed by atoms with E-state index >= 15 is 0 Å². The number of carbonyl (C=O) groups excluding carboxylic acids is 8. The van der Waals surface area contributed by atoms with Crippen molar-refractivity contribution in [1.82, 2.24) is 40.7 Å². The summed E-state index contributed by atoms with van der Waals surface area (Å²) >= 11 is -0.496.